The molecule has 0 bridgehead atoms. The molecule has 3 nitrogen and oxygen atoms in total. The van der Waals surface area contributed by atoms with Crippen LogP contribution < -0.4 is 5.73 Å². The van der Waals surface area contributed by atoms with Crippen molar-refractivity contribution in [3.8, 4) is 6.07 Å². The fourth-order valence-corrected chi connectivity index (χ4v) is 1.59. The molecule has 0 aliphatic carbocycles. The highest BCUT2D eigenvalue weighted by Gasteiger charge is 2.32. The van der Waals surface area contributed by atoms with E-state index in [2.05, 4.69) is 0 Å². The van der Waals surface area contributed by atoms with Crippen molar-refractivity contribution in [1.29, 1.82) is 5.26 Å². The summed E-state index contributed by atoms with van der Waals surface area (Å²) in [5.74, 6) is -2.18. The van der Waals surface area contributed by atoms with Gasteiger partial charge in [-0.05, 0) is 25.5 Å². The van der Waals surface area contributed by atoms with E-state index in [-0.39, 0.29) is 24.3 Å². The van der Waals surface area contributed by atoms with Gasteiger partial charge in [0.2, 0.25) is 0 Å². The van der Waals surface area contributed by atoms with Gasteiger partial charge in [0.1, 0.15) is 0 Å². The molecular formula is C11H12F2N2O. The lowest BCUT2D eigenvalue weighted by atomic mass is 9.80. The van der Waals surface area contributed by atoms with Crippen LogP contribution in [0.3, 0.4) is 0 Å². The summed E-state index contributed by atoms with van der Waals surface area (Å²) in [7, 11) is 0. The van der Waals surface area contributed by atoms with Crippen molar-refractivity contribution in [3.05, 3.63) is 29.3 Å². The van der Waals surface area contributed by atoms with Crippen LogP contribution in [0.5, 0.6) is 0 Å². The first-order chi connectivity index (χ1) is 7.46. The molecule has 0 amide bonds. The number of aliphatic hydroxyl groups excluding tert-OH is 1. The van der Waals surface area contributed by atoms with Crippen LogP contribution in [-0.4, -0.2) is 11.7 Å². The van der Waals surface area contributed by atoms with E-state index in [1.54, 1.807) is 0 Å². The average Bonchev–Trinajstić information content (AvgIpc) is 2.24. The highest BCUT2D eigenvalue weighted by molar-refractivity contribution is 5.54. The molecule has 5 heteroatoms. The SMILES string of the molecule is CC(C#N)(CCO)c1c(N)ccc(F)c1F. The highest BCUT2D eigenvalue weighted by atomic mass is 19.2. The van der Waals surface area contributed by atoms with Gasteiger partial charge in [0, 0.05) is 17.9 Å². The van der Waals surface area contributed by atoms with Crippen LogP contribution >= 0.6 is 0 Å². The predicted molar refractivity (Wildman–Crippen MR) is 55.4 cm³/mol. The molecular weight excluding hydrogens is 214 g/mol. The summed E-state index contributed by atoms with van der Waals surface area (Å²) in [6.45, 7) is 1.11. The van der Waals surface area contributed by atoms with Gasteiger partial charge < -0.3 is 10.8 Å². The summed E-state index contributed by atoms with van der Waals surface area (Å²) >= 11 is 0. The number of nitrogens with zero attached hydrogens (tertiary/aromatic N) is 1. The third kappa shape index (κ3) is 1.97. The van der Waals surface area contributed by atoms with Gasteiger partial charge in [0.15, 0.2) is 11.6 Å². The van der Waals surface area contributed by atoms with Gasteiger partial charge in [-0.3, -0.25) is 0 Å². The number of hydrogen-bond acceptors (Lipinski definition) is 3. The lowest BCUT2D eigenvalue weighted by Crippen LogP contribution is -2.25. The van der Waals surface area contributed by atoms with Crippen LogP contribution in [0.4, 0.5) is 14.5 Å². The van der Waals surface area contributed by atoms with E-state index in [0.29, 0.717) is 0 Å². The summed E-state index contributed by atoms with van der Waals surface area (Å²) in [5, 5.41) is 17.8. The van der Waals surface area contributed by atoms with E-state index in [1.807, 2.05) is 6.07 Å². The topological polar surface area (TPSA) is 70.0 Å². The van der Waals surface area contributed by atoms with Crippen molar-refractivity contribution < 1.29 is 13.9 Å². The molecule has 0 aliphatic rings. The first-order valence-corrected chi connectivity index (χ1v) is 4.72. The summed E-state index contributed by atoms with van der Waals surface area (Å²) in [4.78, 5) is 0. The standard InChI is InChI=1S/C11H12F2N2O/c1-11(6-14,4-5-16)9-8(15)3-2-7(12)10(9)13/h2-3,16H,4-5,15H2,1H3. The molecule has 1 aromatic rings. The molecule has 1 atom stereocenters. The van der Waals surface area contributed by atoms with Gasteiger partial charge in [-0.15, -0.1) is 0 Å². The lowest BCUT2D eigenvalue weighted by molar-refractivity contribution is 0.262. The molecule has 86 valence electrons. The largest absolute Gasteiger partial charge is 0.398 e. The van der Waals surface area contributed by atoms with Crippen LogP contribution in [-0.2, 0) is 5.41 Å². The molecule has 1 aromatic carbocycles. The van der Waals surface area contributed by atoms with Crippen molar-refractivity contribution in [2.45, 2.75) is 18.8 Å². The quantitative estimate of drug-likeness (QED) is 0.771. The number of hydrogen-bond donors (Lipinski definition) is 2. The van der Waals surface area contributed by atoms with Crippen molar-refractivity contribution in [2.75, 3.05) is 12.3 Å². The van der Waals surface area contributed by atoms with Gasteiger partial charge in [0.25, 0.3) is 0 Å². The predicted octanol–water partition coefficient (Wildman–Crippen LogP) is 1.71. The summed E-state index contributed by atoms with van der Waals surface area (Å²) in [6, 6.07) is 3.97. The number of benzene rings is 1. The zero-order valence-corrected chi connectivity index (χ0v) is 8.80. The van der Waals surface area contributed by atoms with Gasteiger partial charge >= 0.3 is 0 Å². The number of nitriles is 1. The Morgan fingerprint density at radius 3 is 2.62 bits per heavy atom. The molecule has 0 aromatic heterocycles. The number of aliphatic hydroxyl groups is 1. The maximum absolute atomic E-state index is 13.6. The van der Waals surface area contributed by atoms with Crippen LogP contribution in [0.1, 0.15) is 18.9 Å². The maximum Gasteiger partial charge on any atom is 0.165 e. The van der Waals surface area contributed by atoms with E-state index in [0.717, 1.165) is 6.07 Å². The first-order valence-electron chi connectivity index (χ1n) is 4.72. The van der Waals surface area contributed by atoms with Gasteiger partial charge in [0.05, 0.1) is 11.5 Å². The Hall–Kier alpha value is -1.67. The minimum atomic E-state index is -1.33. The van der Waals surface area contributed by atoms with Crippen molar-refractivity contribution in [2.24, 2.45) is 0 Å². The molecule has 0 radical (unpaired) electrons. The van der Waals surface area contributed by atoms with Gasteiger partial charge in [-0.2, -0.15) is 5.26 Å². The van der Waals surface area contributed by atoms with E-state index < -0.39 is 17.0 Å². The molecule has 0 heterocycles. The summed E-state index contributed by atoms with van der Waals surface area (Å²) in [5.41, 5.74) is 4.03. The zero-order chi connectivity index (χ0) is 12.3. The van der Waals surface area contributed by atoms with E-state index in [9.17, 15) is 8.78 Å². The van der Waals surface area contributed by atoms with Crippen LogP contribution in [0.15, 0.2) is 12.1 Å². The Morgan fingerprint density at radius 1 is 1.50 bits per heavy atom. The Morgan fingerprint density at radius 2 is 2.12 bits per heavy atom. The Kier molecular flexibility index (Phi) is 3.45. The van der Waals surface area contributed by atoms with Gasteiger partial charge in [-0.1, -0.05) is 0 Å². The summed E-state index contributed by atoms with van der Waals surface area (Å²) < 4.78 is 26.6. The second-order valence-corrected chi connectivity index (χ2v) is 3.74. The zero-order valence-electron chi connectivity index (χ0n) is 8.80. The van der Waals surface area contributed by atoms with Crippen LogP contribution in [0.25, 0.3) is 0 Å². The van der Waals surface area contributed by atoms with Crippen LogP contribution in [0, 0.1) is 23.0 Å². The third-order valence-corrected chi connectivity index (χ3v) is 2.54. The third-order valence-electron chi connectivity index (χ3n) is 2.54. The molecule has 3 N–H and O–H groups in total. The second-order valence-electron chi connectivity index (χ2n) is 3.74. The number of rotatable bonds is 3. The minimum Gasteiger partial charge on any atom is -0.398 e. The van der Waals surface area contributed by atoms with Crippen molar-refractivity contribution in [3.63, 3.8) is 0 Å². The average molecular weight is 226 g/mol. The fourth-order valence-electron chi connectivity index (χ4n) is 1.59. The number of halogens is 2. The lowest BCUT2D eigenvalue weighted by Gasteiger charge is -2.23. The molecule has 0 saturated carbocycles. The molecule has 1 rings (SSSR count). The highest BCUT2D eigenvalue weighted by Crippen LogP contribution is 2.34. The van der Waals surface area contributed by atoms with E-state index in [4.69, 9.17) is 16.1 Å². The second kappa shape index (κ2) is 4.45. The van der Waals surface area contributed by atoms with E-state index in [1.165, 1.54) is 13.0 Å². The molecule has 0 fully saturated rings. The molecule has 0 aliphatic heterocycles. The fraction of sp³-hybridized carbons (Fsp3) is 0.364. The monoisotopic (exact) mass is 226 g/mol. The number of nitrogens with two attached hydrogens (primary N) is 1. The van der Waals surface area contributed by atoms with Crippen molar-refractivity contribution in [1.82, 2.24) is 0 Å². The Balaban J connectivity index is 3.42. The van der Waals surface area contributed by atoms with E-state index >= 15 is 0 Å². The first kappa shape index (κ1) is 12.4. The normalized spacial score (nSPS) is 14.2. The molecule has 0 spiro atoms. The molecule has 16 heavy (non-hydrogen) atoms. The Labute approximate surface area is 92.1 Å². The van der Waals surface area contributed by atoms with Crippen molar-refractivity contribution >= 4 is 5.69 Å². The molecule has 1 unspecified atom stereocenters. The number of nitrogen functional groups attached to an aromatic ring is 1. The molecule has 0 saturated heterocycles. The smallest absolute Gasteiger partial charge is 0.165 e. The number of anilines is 1. The van der Waals surface area contributed by atoms with Gasteiger partial charge in [-0.25, -0.2) is 8.78 Å². The summed E-state index contributed by atoms with van der Waals surface area (Å²) in [6.07, 6.45) is -0.00588. The maximum atomic E-state index is 13.6. The minimum absolute atomic E-state index is 0.00588. The Bertz CT molecular complexity index is 442. The van der Waals surface area contributed by atoms with Crippen LogP contribution in [0.2, 0.25) is 0 Å².